The molecule has 3 heterocycles. The highest BCUT2D eigenvalue weighted by atomic mass is 32.1. The Morgan fingerprint density at radius 1 is 0.600 bits per heavy atom. The Balaban J connectivity index is 1.77. The number of halogens is 2. The highest BCUT2D eigenvalue weighted by Gasteiger charge is 2.25. The zero-order chi connectivity index (χ0) is 19.7. The van der Waals surface area contributed by atoms with Crippen LogP contribution < -0.4 is 0 Å². The molecular weight excluding hydrogens is 398 g/mol. The molecule has 3 aromatic heterocycles. The quantitative estimate of drug-likeness (QED) is 0.157. The summed E-state index contributed by atoms with van der Waals surface area (Å²) < 4.78 is 32.6. The summed E-state index contributed by atoms with van der Waals surface area (Å²) in [6.07, 6.45) is 0. The summed E-state index contributed by atoms with van der Waals surface area (Å²) in [6.45, 7) is 0. The van der Waals surface area contributed by atoms with Gasteiger partial charge in [-0.1, -0.05) is 24.3 Å². The van der Waals surface area contributed by atoms with Gasteiger partial charge in [-0.25, -0.2) is 0 Å². The molecule has 2 nitrogen and oxygen atoms in total. The largest absolute Gasteiger partial charge is 0.309 e. The minimum Gasteiger partial charge on any atom is -0.309 e. The summed E-state index contributed by atoms with van der Waals surface area (Å²) in [7, 11) is 0. The second-order valence-corrected chi connectivity index (χ2v) is 8.99. The van der Waals surface area contributed by atoms with Gasteiger partial charge in [-0.15, -0.1) is 11.3 Å². The van der Waals surface area contributed by atoms with E-state index in [9.17, 15) is 8.78 Å². The molecular formula is C25H10F2N2S. The van der Waals surface area contributed by atoms with Gasteiger partial charge in [-0.05, 0) is 35.0 Å². The van der Waals surface area contributed by atoms with Crippen molar-refractivity contribution in [2.75, 3.05) is 0 Å². The van der Waals surface area contributed by atoms with Crippen molar-refractivity contribution < 1.29 is 8.78 Å². The van der Waals surface area contributed by atoms with Crippen LogP contribution in [0.25, 0.3) is 69.2 Å². The van der Waals surface area contributed by atoms with Gasteiger partial charge < -0.3 is 4.57 Å². The fourth-order valence-corrected chi connectivity index (χ4v) is 6.55. The topological polar surface area (TPSA) is 17.8 Å². The van der Waals surface area contributed by atoms with Crippen molar-refractivity contribution in [2.24, 2.45) is 0 Å². The summed E-state index contributed by atoms with van der Waals surface area (Å²) in [5, 5.41) is 9.77. The van der Waals surface area contributed by atoms with E-state index in [1.807, 2.05) is 15.9 Å². The highest BCUT2D eigenvalue weighted by Crippen LogP contribution is 2.52. The average Bonchev–Trinajstić information content (AvgIpc) is 3.29. The van der Waals surface area contributed by atoms with Gasteiger partial charge in [0.15, 0.2) is 0 Å². The molecule has 8 aromatic rings. The van der Waals surface area contributed by atoms with E-state index in [0.717, 1.165) is 21.8 Å². The number of hydrogen-bond donors (Lipinski definition) is 0. The van der Waals surface area contributed by atoms with Crippen LogP contribution in [0.1, 0.15) is 0 Å². The van der Waals surface area contributed by atoms with Crippen LogP contribution >= 0.6 is 11.3 Å². The van der Waals surface area contributed by atoms with E-state index in [1.54, 1.807) is 0 Å². The summed E-state index contributed by atoms with van der Waals surface area (Å²) in [5.41, 5.74) is 2.36. The number of nitrogens with zero attached hydrogens (tertiary/aromatic N) is 2. The summed E-state index contributed by atoms with van der Waals surface area (Å²) in [5.74, 6) is -1.64. The molecule has 0 atom stereocenters. The van der Waals surface area contributed by atoms with Crippen LogP contribution in [0.4, 0.5) is 8.78 Å². The molecule has 0 radical (unpaired) electrons. The Morgan fingerprint density at radius 2 is 1.10 bits per heavy atom. The Hall–Kier alpha value is -3.57. The number of benzene rings is 5. The van der Waals surface area contributed by atoms with Crippen molar-refractivity contribution in [1.29, 1.82) is 0 Å². The molecule has 0 aliphatic rings. The number of pyridine rings is 1. The van der Waals surface area contributed by atoms with Crippen LogP contribution in [0.15, 0.2) is 60.7 Å². The smallest absolute Gasteiger partial charge is 0.217 e. The molecule has 0 aliphatic carbocycles. The van der Waals surface area contributed by atoms with Gasteiger partial charge in [0.1, 0.15) is 0 Å². The Morgan fingerprint density at radius 3 is 1.63 bits per heavy atom. The molecule has 0 bridgehead atoms. The lowest BCUT2D eigenvalue weighted by atomic mass is 9.90. The van der Waals surface area contributed by atoms with E-state index in [1.165, 1.54) is 53.8 Å². The van der Waals surface area contributed by atoms with Crippen molar-refractivity contribution in [3.8, 4) is 5.69 Å². The van der Waals surface area contributed by atoms with Crippen molar-refractivity contribution in [2.45, 2.75) is 0 Å². The van der Waals surface area contributed by atoms with Crippen LogP contribution in [0.5, 0.6) is 0 Å². The standard InChI is InChI=1S/C25H10F2N2S/c26-18-9-13(10-19(27)28-18)29-14-5-1-11-3-7-16-24-20(11)22(14)23-15(29)6-2-12-4-8-17(30-16)25(24)21(12)23/h1-10H. The first-order valence-electron chi connectivity index (χ1n) is 9.70. The number of rotatable bonds is 1. The van der Waals surface area contributed by atoms with Gasteiger partial charge >= 0.3 is 0 Å². The fourth-order valence-electron chi connectivity index (χ4n) is 5.43. The molecule has 30 heavy (non-hydrogen) atoms. The molecule has 5 heteroatoms. The molecule has 0 amide bonds. The average molecular weight is 408 g/mol. The first kappa shape index (κ1) is 15.3. The number of thiophene rings is 1. The lowest BCUT2D eigenvalue weighted by Crippen LogP contribution is -1.98. The van der Waals surface area contributed by atoms with Gasteiger partial charge in [-0.2, -0.15) is 13.8 Å². The Bertz CT molecular complexity index is 1800. The summed E-state index contributed by atoms with van der Waals surface area (Å²) in [6, 6.07) is 19.7. The molecule has 0 fully saturated rings. The van der Waals surface area contributed by atoms with Crippen LogP contribution in [0, 0.1) is 11.9 Å². The molecule has 0 N–H and O–H groups in total. The zero-order valence-electron chi connectivity index (χ0n) is 15.3. The van der Waals surface area contributed by atoms with E-state index in [2.05, 4.69) is 53.5 Å². The maximum atomic E-state index is 14.0. The first-order chi connectivity index (χ1) is 14.7. The third-order valence-corrected chi connectivity index (χ3v) is 7.58. The lowest BCUT2D eigenvalue weighted by molar-refractivity contribution is 0.512. The second kappa shape index (κ2) is 4.77. The minimum atomic E-state index is -0.820. The van der Waals surface area contributed by atoms with Gasteiger partial charge in [0, 0.05) is 53.8 Å². The van der Waals surface area contributed by atoms with Crippen LogP contribution in [0.2, 0.25) is 0 Å². The molecule has 8 rings (SSSR count). The Labute approximate surface area is 171 Å². The SMILES string of the molecule is Fc1cc(-n2c3ccc4ccc5sc6ccc7ccc2c2c7c6c5c4c23)cc(F)n1. The third-order valence-electron chi connectivity index (χ3n) is 6.46. The van der Waals surface area contributed by atoms with Gasteiger partial charge in [0.2, 0.25) is 11.9 Å². The van der Waals surface area contributed by atoms with Gasteiger partial charge in [0.25, 0.3) is 0 Å². The van der Waals surface area contributed by atoms with E-state index in [-0.39, 0.29) is 0 Å². The first-order valence-corrected chi connectivity index (χ1v) is 10.5. The molecule has 0 aliphatic heterocycles. The van der Waals surface area contributed by atoms with E-state index in [0.29, 0.717) is 5.69 Å². The van der Waals surface area contributed by atoms with Crippen molar-refractivity contribution >= 4 is 74.9 Å². The van der Waals surface area contributed by atoms with E-state index >= 15 is 0 Å². The van der Waals surface area contributed by atoms with Crippen LogP contribution in [-0.4, -0.2) is 9.55 Å². The third kappa shape index (κ3) is 1.57. The number of hydrogen-bond acceptors (Lipinski definition) is 2. The van der Waals surface area contributed by atoms with E-state index < -0.39 is 11.9 Å². The maximum absolute atomic E-state index is 14.0. The van der Waals surface area contributed by atoms with Crippen molar-refractivity contribution in [3.05, 3.63) is 72.6 Å². The van der Waals surface area contributed by atoms with Gasteiger partial charge in [-0.3, -0.25) is 0 Å². The van der Waals surface area contributed by atoms with E-state index in [4.69, 9.17) is 0 Å². The Kier molecular flexibility index (Phi) is 2.43. The lowest BCUT2D eigenvalue weighted by Gasteiger charge is -2.11. The monoisotopic (exact) mass is 408 g/mol. The molecule has 0 unspecified atom stereocenters. The minimum absolute atomic E-state index is 0.447. The predicted octanol–water partition coefficient (Wildman–Crippen LogP) is 7.44. The van der Waals surface area contributed by atoms with Crippen LogP contribution in [0.3, 0.4) is 0 Å². The second-order valence-electron chi connectivity index (χ2n) is 7.90. The normalized spacial score (nSPS) is 13.0. The van der Waals surface area contributed by atoms with Crippen molar-refractivity contribution in [3.63, 3.8) is 0 Å². The maximum Gasteiger partial charge on any atom is 0.217 e. The molecule has 0 saturated heterocycles. The molecule has 0 spiro atoms. The van der Waals surface area contributed by atoms with Gasteiger partial charge in [0.05, 0.1) is 16.7 Å². The van der Waals surface area contributed by atoms with Crippen molar-refractivity contribution in [1.82, 2.24) is 9.55 Å². The molecule has 5 aromatic carbocycles. The summed E-state index contributed by atoms with van der Waals surface area (Å²) >= 11 is 1.82. The summed E-state index contributed by atoms with van der Waals surface area (Å²) in [4.78, 5) is 3.28. The molecule has 140 valence electrons. The fraction of sp³-hybridized carbons (Fsp3) is 0. The highest BCUT2D eigenvalue weighted by molar-refractivity contribution is 7.26. The van der Waals surface area contributed by atoms with Crippen LogP contribution in [-0.2, 0) is 0 Å². The zero-order valence-corrected chi connectivity index (χ0v) is 16.1. The number of aromatic nitrogens is 2. The predicted molar refractivity (Wildman–Crippen MR) is 120 cm³/mol. The molecule has 0 saturated carbocycles.